The van der Waals surface area contributed by atoms with Crippen molar-refractivity contribution < 1.29 is 4.74 Å². The van der Waals surface area contributed by atoms with Gasteiger partial charge < -0.3 is 4.74 Å². The molecule has 14 heavy (non-hydrogen) atoms. The maximum Gasteiger partial charge on any atom is 0.0468 e. The molecule has 1 atom stereocenters. The van der Waals surface area contributed by atoms with Crippen molar-refractivity contribution in [1.29, 1.82) is 0 Å². The first-order valence-corrected chi connectivity index (χ1v) is 5.78. The van der Waals surface area contributed by atoms with E-state index in [-0.39, 0.29) is 0 Å². The third-order valence-corrected chi connectivity index (χ3v) is 3.99. The Morgan fingerprint density at radius 1 is 1.43 bits per heavy atom. The van der Waals surface area contributed by atoms with Crippen molar-refractivity contribution in [3.63, 3.8) is 0 Å². The van der Waals surface area contributed by atoms with E-state index in [0.717, 1.165) is 19.1 Å². The molecule has 2 aliphatic rings. The number of hydrogen-bond donors (Lipinski definition) is 2. The highest BCUT2D eigenvalue weighted by Crippen LogP contribution is 2.49. The predicted molar refractivity (Wildman–Crippen MR) is 56.6 cm³/mol. The SMILES string of the molecule is CC1(C(CC2CCOCC2)NN)CC1. The van der Waals surface area contributed by atoms with Crippen LogP contribution >= 0.6 is 0 Å². The molecule has 3 N–H and O–H groups in total. The molecule has 3 nitrogen and oxygen atoms in total. The summed E-state index contributed by atoms with van der Waals surface area (Å²) in [5, 5.41) is 0. The lowest BCUT2D eigenvalue weighted by molar-refractivity contribution is 0.0574. The summed E-state index contributed by atoms with van der Waals surface area (Å²) >= 11 is 0. The quantitative estimate of drug-likeness (QED) is 0.531. The largest absolute Gasteiger partial charge is 0.381 e. The molecule has 1 saturated carbocycles. The fourth-order valence-corrected chi connectivity index (χ4v) is 2.41. The van der Waals surface area contributed by atoms with E-state index >= 15 is 0 Å². The van der Waals surface area contributed by atoms with Crippen LogP contribution in [0.15, 0.2) is 0 Å². The normalized spacial score (nSPS) is 28.7. The topological polar surface area (TPSA) is 47.3 Å². The maximum absolute atomic E-state index is 5.63. The number of hydrogen-bond acceptors (Lipinski definition) is 3. The Labute approximate surface area is 86.4 Å². The molecule has 1 saturated heterocycles. The third-order valence-electron chi connectivity index (χ3n) is 3.99. The molecule has 1 unspecified atom stereocenters. The number of nitrogens with one attached hydrogen (secondary N) is 1. The Bertz CT molecular complexity index is 186. The fourth-order valence-electron chi connectivity index (χ4n) is 2.41. The summed E-state index contributed by atoms with van der Waals surface area (Å²) in [6.45, 7) is 4.23. The van der Waals surface area contributed by atoms with E-state index in [9.17, 15) is 0 Å². The van der Waals surface area contributed by atoms with Crippen LogP contribution in [0.2, 0.25) is 0 Å². The van der Waals surface area contributed by atoms with Crippen LogP contribution in [0.4, 0.5) is 0 Å². The van der Waals surface area contributed by atoms with Gasteiger partial charge in [0, 0.05) is 19.3 Å². The van der Waals surface area contributed by atoms with Gasteiger partial charge >= 0.3 is 0 Å². The number of hydrazine groups is 1. The Morgan fingerprint density at radius 2 is 2.07 bits per heavy atom. The molecule has 1 heterocycles. The van der Waals surface area contributed by atoms with Gasteiger partial charge in [-0.2, -0.15) is 0 Å². The highest BCUT2D eigenvalue weighted by Gasteiger charge is 2.44. The van der Waals surface area contributed by atoms with Gasteiger partial charge in [-0.05, 0) is 43.4 Å². The van der Waals surface area contributed by atoms with Gasteiger partial charge in [-0.15, -0.1) is 0 Å². The Hall–Kier alpha value is -0.120. The van der Waals surface area contributed by atoms with E-state index in [0.29, 0.717) is 11.5 Å². The molecule has 1 aliphatic heterocycles. The van der Waals surface area contributed by atoms with Crippen LogP contribution in [-0.4, -0.2) is 19.3 Å². The summed E-state index contributed by atoms with van der Waals surface area (Å²) in [4.78, 5) is 0. The van der Waals surface area contributed by atoms with Crippen LogP contribution in [0.5, 0.6) is 0 Å². The number of rotatable bonds is 4. The van der Waals surface area contributed by atoms with E-state index in [4.69, 9.17) is 10.6 Å². The van der Waals surface area contributed by atoms with Crippen LogP contribution < -0.4 is 11.3 Å². The Morgan fingerprint density at radius 3 is 2.57 bits per heavy atom. The second-order valence-corrected chi connectivity index (χ2v) is 5.16. The number of nitrogens with two attached hydrogens (primary N) is 1. The first kappa shape index (κ1) is 10.4. The average molecular weight is 198 g/mol. The molecule has 0 radical (unpaired) electrons. The van der Waals surface area contributed by atoms with Gasteiger partial charge in [0.25, 0.3) is 0 Å². The van der Waals surface area contributed by atoms with Crippen molar-refractivity contribution in [2.24, 2.45) is 17.2 Å². The van der Waals surface area contributed by atoms with Crippen LogP contribution in [0.25, 0.3) is 0 Å². The molecular weight excluding hydrogens is 176 g/mol. The molecule has 0 aromatic carbocycles. The zero-order valence-electron chi connectivity index (χ0n) is 9.09. The van der Waals surface area contributed by atoms with Crippen LogP contribution in [-0.2, 0) is 4.74 Å². The molecule has 3 heteroatoms. The van der Waals surface area contributed by atoms with Gasteiger partial charge in [0.1, 0.15) is 0 Å². The highest BCUT2D eigenvalue weighted by molar-refractivity contribution is 4.98. The molecule has 0 spiro atoms. The van der Waals surface area contributed by atoms with Gasteiger partial charge in [-0.1, -0.05) is 6.92 Å². The summed E-state index contributed by atoms with van der Waals surface area (Å²) in [7, 11) is 0. The van der Waals surface area contributed by atoms with Crippen molar-refractivity contribution >= 4 is 0 Å². The fraction of sp³-hybridized carbons (Fsp3) is 1.00. The molecule has 1 aliphatic carbocycles. The van der Waals surface area contributed by atoms with Crippen molar-refractivity contribution in [1.82, 2.24) is 5.43 Å². The van der Waals surface area contributed by atoms with Crippen LogP contribution in [0, 0.1) is 11.3 Å². The Kier molecular flexibility index (Phi) is 3.10. The van der Waals surface area contributed by atoms with Gasteiger partial charge in [0.15, 0.2) is 0 Å². The lowest BCUT2D eigenvalue weighted by Crippen LogP contribution is -2.42. The zero-order chi connectivity index (χ0) is 10.0. The second-order valence-electron chi connectivity index (χ2n) is 5.16. The van der Waals surface area contributed by atoms with E-state index in [1.54, 1.807) is 0 Å². The molecule has 0 aromatic rings. The van der Waals surface area contributed by atoms with Crippen molar-refractivity contribution in [3.05, 3.63) is 0 Å². The van der Waals surface area contributed by atoms with Gasteiger partial charge in [0.05, 0.1) is 0 Å². The minimum atomic E-state index is 0.493. The molecule has 2 rings (SSSR count). The summed E-state index contributed by atoms with van der Waals surface area (Å²) in [6, 6.07) is 0.519. The van der Waals surface area contributed by atoms with Crippen molar-refractivity contribution in [2.75, 3.05) is 13.2 Å². The molecule has 0 bridgehead atoms. The molecule has 2 fully saturated rings. The van der Waals surface area contributed by atoms with E-state index in [2.05, 4.69) is 12.3 Å². The average Bonchev–Trinajstić information content (AvgIpc) is 2.95. The first-order chi connectivity index (χ1) is 6.74. The van der Waals surface area contributed by atoms with Crippen molar-refractivity contribution in [2.45, 2.75) is 45.1 Å². The molecule has 0 amide bonds. The predicted octanol–water partition coefficient (Wildman–Crippen LogP) is 1.44. The lowest BCUT2D eigenvalue weighted by atomic mass is 9.86. The summed E-state index contributed by atoms with van der Waals surface area (Å²) in [5.41, 5.74) is 3.50. The van der Waals surface area contributed by atoms with E-state index in [1.165, 1.54) is 32.1 Å². The van der Waals surface area contributed by atoms with Crippen LogP contribution in [0.1, 0.15) is 39.0 Å². The summed E-state index contributed by atoms with van der Waals surface area (Å²) in [5.74, 6) is 6.46. The van der Waals surface area contributed by atoms with Gasteiger partial charge in [-0.3, -0.25) is 11.3 Å². The van der Waals surface area contributed by atoms with Crippen molar-refractivity contribution in [3.8, 4) is 0 Å². The van der Waals surface area contributed by atoms with Gasteiger partial charge in [-0.25, -0.2) is 0 Å². The minimum Gasteiger partial charge on any atom is -0.381 e. The smallest absolute Gasteiger partial charge is 0.0468 e. The standard InChI is InChI=1S/C11H22N2O/c1-11(4-5-11)10(13-12)8-9-2-6-14-7-3-9/h9-10,13H,2-8,12H2,1H3. The summed E-state index contributed by atoms with van der Waals surface area (Å²) < 4.78 is 5.36. The maximum atomic E-state index is 5.63. The van der Waals surface area contributed by atoms with E-state index < -0.39 is 0 Å². The number of ether oxygens (including phenoxy) is 1. The highest BCUT2D eigenvalue weighted by atomic mass is 16.5. The monoisotopic (exact) mass is 198 g/mol. The minimum absolute atomic E-state index is 0.493. The third kappa shape index (κ3) is 2.27. The molecular formula is C11H22N2O. The first-order valence-electron chi connectivity index (χ1n) is 5.78. The molecule has 0 aromatic heterocycles. The van der Waals surface area contributed by atoms with Gasteiger partial charge in [0.2, 0.25) is 0 Å². The zero-order valence-corrected chi connectivity index (χ0v) is 9.09. The second kappa shape index (κ2) is 4.17. The van der Waals surface area contributed by atoms with E-state index in [1.807, 2.05) is 0 Å². The summed E-state index contributed by atoms with van der Waals surface area (Å²) in [6.07, 6.45) is 6.34. The van der Waals surface area contributed by atoms with Crippen LogP contribution in [0.3, 0.4) is 0 Å². The Balaban J connectivity index is 1.81. The lowest BCUT2D eigenvalue weighted by Gasteiger charge is -2.29. The molecule has 82 valence electrons.